The Bertz CT molecular complexity index is 653. The van der Waals surface area contributed by atoms with Crippen molar-refractivity contribution in [2.45, 2.75) is 37.0 Å². The van der Waals surface area contributed by atoms with E-state index in [0.717, 1.165) is 50.8 Å². The number of carbonyl (C=O) groups excluding carboxylic acids is 1. The van der Waals surface area contributed by atoms with Gasteiger partial charge in [0.1, 0.15) is 0 Å². The molecule has 8 heteroatoms. The first kappa shape index (κ1) is 23.3. The Labute approximate surface area is 189 Å². The smallest absolute Gasteiger partial charge is 0.229 e. The van der Waals surface area contributed by atoms with Gasteiger partial charge in [0.15, 0.2) is 5.96 Å². The quantitative estimate of drug-likeness (QED) is 0.345. The number of ether oxygens (including phenoxy) is 1. The fourth-order valence-corrected chi connectivity index (χ4v) is 4.34. The number of thioether (sulfide) groups is 1. The molecule has 0 spiro atoms. The summed E-state index contributed by atoms with van der Waals surface area (Å²) >= 11 is 1.89. The molecule has 156 valence electrons. The van der Waals surface area contributed by atoms with Crippen molar-refractivity contribution >= 4 is 53.3 Å². The Morgan fingerprint density at radius 1 is 1.32 bits per heavy atom. The van der Waals surface area contributed by atoms with Crippen molar-refractivity contribution < 1.29 is 9.53 Å². The van der Waals surface area contributed by atoms with E-state index < -0.39 is 0 Å². The Balaban J connectivity index is 0.00000280. The van der Waals surface area contributed by atoms with Gasteiger partial charge in [0.25, 0.3) is 0 Å². The van der Waals surface area contributed by atoms with E-state index in [1.807, 2.05) is 47.0 Å². The molecule has 2 saturated heterocycles. The largest absolute Gasteiger partial charge is 0.381 e. The number of benzene rings is 1. The molecule has 1 unspecified atom stereocenters. The van der Waals surface area contributed by atoms with Crippen LogP contribution in [0.5, 0.6) is 0 Å². The molecule has 2 aliphatic rings. The van der Waals surface area contributed by atoms with E-state index in [1.54, 1.807) is 0 Å². The molecule has 0 bridgehead atoms. The zero-order chi connectivity index (χ0) is 19.1. The third-order valence-corrected chi connectivity index (χ3v) is 6.64. The summed E-state index contributed by atoms with van der Waals surface area (Å²) in [7, 11) is 0. The predicted octanol–water partition coefficient (Wildman–Crippen LogP) is 2.88. The topological polar surface area (TPSA) is 66.0 Å². The van der Waals surface area contributed by atoms with Crippen LogP contribution in [0.4, 0.5) is 5.69 Å². The van der Waals surface area contributed by atoms with Crippen LogP contribution in [-0.2, 0) is 9.53 Å². The molecule has 0 aliphatic carbocycles. The number of hydrogen-bond donors (Lipinski definition) is 2. The Morgan fingerprint density at radius 2 is 2.04 bits per heavy atom. The summed E-state index contributed by atoms with van der Waals surface area (Å²) in [4.78, 5) is 19.1. The highest BCUT2D eigenvalue weighted by Crippen LogP contribution is 2.34. The summed E-state index contributed by atoms with van der Waals surface area (Å²) in [5, 5.41) is 6.79. The summed E-state index contributed by atoms with van der Waals surface area (Å²) < 4.78 is 5.67. The van der Waals surface area contributed by atoms with E-state index in [4.69, 9.17) is 9.73 Å². The maximum Gasteiger partial charge on any atom is 0.229 e. The van der Waals surface area contributed by atoms with E-state index in [-0.39, 0.29) is 40.7 Å². The SMILES string of the molecule is CCNC(=NCC1(SC)CCOCC1)NC1CC(=O)N(c2ccccc2)C1.I. The first-order valence-electron chi connectivity index (χ1n) is 9.69. The molecule has 6 nitrogen and oxygen atoms in total. The summed E-state index contributed by atoms with van der Waals surface area (Å²) in [6.07, 6.45) is 4.71. The molecule has 2 fully saturated rings. The molecule has 1 aromatic carbocycles. The van der Waals surface area contributed by atoms with Gasteiger partial charge in [-0.25, -0.2) is 0 Å². The summed E-state index contributed by atoms with van der Waals surface area (Å²) in [6, 6.07) is 9.92. The molecular formula is C20H31IN4O2S. The number of halogens is 1. The second-order valence-electron chi connectivity index (χ2n) is 7.08. The molecule has 2 aliphatic heterocycles. The van der Waals surface area contributed by atoms with E-state index in [2.05, 4.69) is 23.8 Å². The number of nitrogens with one attached hydrogen (secondary N) is 2. The highest BCUT2D eigenvalue weighted by atomic mass is 127. The van der Waals surface area contributed by atoms with Crippen LogP contribution in [0.1, 0.15) is 26.2 Å². The number of para-hydroxylation sites is 1. The lowest BCUT2D eigenvalue weighted by molar-refractivity contribution is -0.117. The van der Waals surface area contributed by atoms with Gasteiger partial charge in [0.2, 0.25) is 5.91 Å². The van der Waals surface area contributed by atoms with Crippen LogP contribution in [0.15, 0.2) is 35.3 Å². The van der Waals surface area contributed by atoms with Crippen molar-refractivity contribution in [3.63, 3.8) is 0 Å². The molecular weight excluding hydrogens is 487 g/mol. The fourth-order valence-electron chi connectivity index (χ4n) is 3.57. The van der Waals surface area contributed by atoms with Crippen molar-refractivity contribution in [3.05, 3.63) is 30.3 Å². The van der Waals surface area contributed by atoms with Crippen LogP contribution in [0.3, 0.4) is 0 Å². The summed E-state index contributed by atoms with van der Waals surface area (Å²) in [5.74, 6) is 0.949. The molecule has 0 radical (unpaired) electrons. The number of aliphatic imine (C=N–C) groups is 1. The number of nitrogens with zero attached hydrogens (tertiary/aromatic N) is 2. The fraction of sp³-hybridized carbons (Fsp3) is 0.600. The average Bonchev–Trinajstić information content (AvgIpc) is 3.08. The minimum Gasteiger partial charge on any atom is -0.381 e. The van der Waals surface area contributed by atoms with E-state index in [1.165, 1.54) is 0 Å². The van der Waals surface area contributed by atoms with Gasteiger partial charge in [-0.1, -0.05) is 18.2 Å². The lowest BCUT2D eigenvalue weighted by Gasteiger charge is -2.34. The van der Waals surface area contributed by atoms with Gasteiger partial charge in [-0.15, -0.1) is 24.0 Å². The van der Waals surface area contributed by atoms with Crippen LogP contribution >= 0.6 is 35.7 Å². The number of anilines is 1. The normalized spacial score (nSPS) is 21.9. The van der Waals surface area contributed by atoms with Gasteiger partial charge in [0.05, 0.1) is 12.6 Å². The van der Waals surface area contributed by atoms with Gasteiger partial charge < -0.3 is 20.3 Å². The molecule has 2 N–H and O–H groups in total. The minimum atomic E-state index is 0. The molecule has 0 saturated carbocycles. The average molecular weight is 518 g/mol. The molecule has 1 aromatic rings. The van der Waals surface area contributed by atoms with Crippen molar-refractivity contribution in [2.24, 2.45) is 4.99 Å². The monoisotopic (exact) mass is 518 g/mol. The third-order valence-electron chi connectivity index (χ3n) is 5.24. The maximum absolute atomic E-state index is 12.4. The van der Waals surface area contributed by atoms with Crippen LogP contribution in [0, 0.1) is 0 Å². The number of carbonyl (C=O) groups is 1. The van der Waals surface area contributed by atoms with Crippen LogP contribution < -0.4 is 15.5 Å². The second-order valence-corrected chi connectivity index (χ2v) is 8.35. The number of rotatable bonds is 6. The summed E-state index contributed by atoms with van der Waals surface area (Å²) in [6.45, 7) is 5.90. The Hall–Kier alpha value is -1.000. The molecule has 3 rings (SSSR count). The van der Waals surface area contributed by atoms with E-state index >= 15 is 0 Å². The highest BCUT2D eigenvalue weighted by molar-refractivity contribution is 14.0. The van der Waals surface area contributed by atoms with Crippen molar-refractivity contribution in [1.29, 1.82) is 0 Å². The lowest BCUT2D eigenvalue weighted by atomic mass is 9.99. The number of guanidine groups is 1. The van der Waals surface area contributed by atoms with Crippen molar-refractivity contribution in [3.8, 4) is 0 Å². The highest BCUT2D eigenvalue weighted by Gasteiger charge is 2.33. The van der Waals surface area contributed by atoms with Gasteiger partial charge in [0, 0.05) is 43.2 Å². The van der Waals surface area contributed by atoms with Gasteiger partial charge >= 0.3 is 0 Å². The van der Waals surface area contributed by atoms with Crippen LogP contribution in [-0.4, -0.2) is 61.8 Å². The molecule has 1 atom stereocenters. The zero-order valence-electron chi connectivity index (χ0n) is 16.6. The molecule has 1 amide bonds. The van der Waals surface area contributed by atoms with E-state index in [0.29, 0.717) is 13.0 Å². The molecule has 0 aromatic heterocycles. The standard InChI is InChI=1S/C20H30N4O2S.HI/c1-3-21-19(22-15-20(27-2)9-11-26-12-10-20)23-16-13-18(25)24(14-16)17-7-5-4-6-8-17;/h4-8,16H,3,9-15H2,1-2H3,(H2,21,22,23);1H. The summed E-state index contributed by atoms with van der Waals surface area (Å²) in [5.41, 5.74) is 0.956. The second kappa shape index (κ2) is 11.3. The first-order valence-corrected chi connectivity index (χ1v) is 10.9. The van der Waals surface area contributed by atoms with Crippen molar-refractivity contribution in [2.75, 3.05) is 44.0 Å². The third kappa shape index (κ3) is 6.00. The van der Waals surface area contributed by atoms with Crippen molar-refractivity contribution in [1.82, 2.24) is 10.6 Å². The van der Waals surface area contributed by atoms with Gasteiger partial charge in [-0.3, -0.25) is 9.79 Å². The van der Waals surface area contributed by atoms with Crippen LogP contribution in [0.25, 0.3) is 0 Å². The predicted molar refractivity (Wildman–Crippen MR) is 128 cm³/mol. The molecule has 28 heavy (non-hydrogen) atoms. The lowest BCUT2D eigenvalue weighted by Crippen LogP contribution is -2.46. The first-order chi connectivity index (χ1) is 13.2. The molecule has 2 heterocycles. The van der Waals surface area contributed by atoms with Gasteiger partial charge in [-0.2, -0.15) is 11.8 Å². The Kier molecular flexibility index (Phi) is 9.36. The minimum absolute atomic E-state index is 0. The Morgan fingerprint density at radius 3 is 2.68 bits per heavy atom. The number of amides is 1. The zero-order valence-corrected chi connectivity index (χ0v) is 19.8. The maximum atomic E-state index is 12.4. The number of hydrogen-bond acceptors (Lipinski definition) is 4. The van der Waals surface area contributed by atoms with Crippen LogP contribution in [0.2, 0.25) is 0 Å². The van der Waals surface area contributed by atoms with E-state index in [9.17, 15) is 4.79 Å². The van der Waals surface area contributed by atoms with Gasteiger partial charge in [-0.05, 0) is 38.2 Å².